The van der Waals surface area contributed by atoms with E-state index >= 15 is 0 Å². The zero-order chi connectivity index (χ0) is 13.9. The number of hydrogen-bond acceptors (Lipinski definition) is 3. The van der Waals surface area contributed by atoms with E-state index in [1.165, 1.54) is 32.1 Å². The molecule has 0 atom stereocenters. The maximum atomic E-state index is 6.36. The molecule has 4 heteroatoms. The molecule has 2 aliphatic carbocycles. The van der Waals surface area contributed by atoms with E-state index in [9.17, 15) is 0 Å². The molecule has 0 amide bonds. The highest BCUT2D eigenvalue weighted by Crippen LogP contribution is 2.38. The minimum absolute atomic E-state index is 0.649. The molecule has 0 bridgehead atoms. The van der Waals surface area contributed by atoms with E-state index in [1.54, 1.807) is 7.11 Å². The van der Waals surface area contributed by atoms with Gasteiger partial charge in [0.2, 0.25) is 0 Å². The quantitative estimate of drug-likeness (QED) is 0.830. The molecule has 1 aromatic rings. The summed E-state index contributed by atoms with van der Waals surface area (Å²) in [5.41, 5.74) is 1.15. The lowest BCUT2D eigenvalue weighted by atomic mass is 9.86. The molecule has 0 spiro atoms. The Balaban J connectivity index is 1.66. The molecular formula is C16H22ClNO2. The summed E-state index contributed by atoms with van der Waals surface area (Å²) in [6, 6.07) is 4.70. The van der Waals surface area contributed by atoms with E-state index < -0.39 is 0 Å². The number of rotatable bonds is 7. The lowest BCUT2D eigenvalue weighted by Crippen LogP contribution is -2.19. The maximum absolute atomic E-state index is 6.36. The first-order chi connectivity index (χ1) is 9.76. The number of ether oxygens (including phenoxy) is 2. The third-order valence-corrected chi connectivity index (χ3v) is 4.43. The van der Waals surface area contributed by atoms with Crippen LogP contribution in [0.2, 0.25) is 5.02 Å². The van der Waals surface area contributed by atoms with Crippen LogP contribution < -0.4 is 14.8 Å². The van der Waals surface area contributed by atoms with E-state index in [2.05, 4.69) is 5.32 Å². The van der Waals surface area contributed by atoms with Crippen molar-refractivity contribution >= 4 is 11.6 Å². The van der Waals surface area contributed by atoms with Gasteiger partial charge in [-0.05, 0) is 49.3 Å². The second-order valence-corrected chi connectivity index (χ2v) is 6.28. The first kappa shape index (κ1) is 14.0. The van der Waals surface area contributed by atoms with Gasteiger partial charge in [-0.1, -0.05) is 18.0 Å². The van der Waals surface area contributed by atoms with Gasteiger partial charge in [0.15, 0.2) is 11.5 Å². The molecule has 20 heavy (non-hydrogen) atoms. The van der Waals surface area contributed by atoms with Crippen molar-refractivity contribution in [1.82, 2.24) is 5.32 Å². The normalized spacial score (nSPS) is 18.7. The fraction of sp³-hybridized carbons (Fsp3) is 0.625. The molecular weight excluding hydrogens is 274 g/mol. The van der Waals surface area contributed by atoms with E-state index in [1.807, 2.05) is 12.1 Å². The molecule has 3 nitrogen and oxygen atoms in total. The van der Waals surface area contributed by atoms with Crippen molar-refractivity contribution in [3.63, 3.8) is 0 Å². The summed E-state index contributed by atoms with van der Waals surface area (Å²) in [6.07, 6.45) is 6.43. The summed E-state index contributed by atoms with van der Waals surface area (Å²) in [5, 5.41) is 4.13. The summed E-state index contributed by atoms with van der Waals surface area (Å²) in [6.45, 7) is 1.58. The van der Waals surface area contributed by atoms with E-state index in [0.717, 1.165) is 24.5 Å². The molecule has 2 fully saturated rings. The van der Waals surface area contributed by atoms with Gasteiger partial charge in [0.05, 0.1) is 18.7 Å². The fourth-order valence-electron chi connectivity index (χ4n) is 2.43. The van der Waals surface area contributed by atoms with Crippen molar-refractivity contribution in [3.8, 4) is 11.5 Å². The Morgan fingerprint density at radius 3 is 2.65 bits per heavy atom. The maximum Gasteiger partial charge on any atom is 0.179 e. The summed E-state index contributed by atoms with van der Waals surface area (Å²) < 4.78 is 11.3. The largest absolute Gasteiger partial charge is 0.493 e. The van der Waals surface area contributed by atoms with Crippen LogP contribution in [-0.2, 0) is 6.54 Å². The number of methoxy groups -OCH3 is 1. The van der Waals surface area contributed by atoms with Gasteiger partial charge in [-0.25, -0.2) is 0 Å². The first-order valence-electron chi connectivity index (χ1n) is 7.49. The zero-order valence-corrected chi connectivity index (χ0v) is 12.7. The monoisotopic (exact) mass is 295 g/mol. The van der Waals surface area contributed by atoms with Crippen LogP contribution >= 0.6 is 11.6 Å². The van der Waals surface area contributed by atoms with Gasteiger partial charge >= 0.3 is 0 Å². The SMILES string of the molecule is COc1cc(CNC2CC2)cc(Cl)c1OCC1CCC1. The van der Waals surface area contributed by atoms with Crippen molar-refractivity contribution in [2.75, 3.05) is 13.7 Å². The van der Waals surface area contributed by atoms with Crippen LogP contribution in [0, 0.1) is 5.92 Å². The minimum atomic E-state index is 0.649. The van der Waals surface area contributed by atoms with E-state index in [4.69, 9.17) is 21.1 Å². The third-order valence-electron chi connectivity index (χ3n) is 4.15. The summed E-state index contributed by atoms with van der Waals surface area (Å²) in [7, 11) is 1.67. The Morgan fingerprint density at radius 2 is 2.05 bits per heavy atom. The molecule has 0 aliphatic heterocycles. The molecule has 0 heterocycles. The van der Waals surface area contributed by atoms with Crippen molar-refractivity contribution in [1.29, 1.82) is 0 Å². The van der Waals surface area contributed by atoms with Crippen LogP contribution in [0.4, 0.5) is 0 Å². The van der Waals surface area contributed by atoms with Crippen LogP contribution in [0.3, 0.4) is 0 Å². The first-order valence-corrected chi connectivity index (χ1v) is 7.86. The van der Waals surface area contributed by atoms with E-state index in [0.29, 0.717) is 22.7 Å². The molecule has 2 aliphatic rings. The molecule has 3 rings (SSSR count). The molecule has 1 N–H and O–H groups in total. The smallest absolute Gasteiger partial charge is 0.179 e. The Morgan fingerprint density at radius 1 is 1.25 bits per heavy atom. The second-order valence-electron chi connectivity index (χ2n) is 5.87. The fourth-order valence-corrected chi connectivity index (χ4v) is 2.71. The average molecular weight is 296 g/mol. The Bertz CT molecular complexity index is 470. The van der Waals surface area contributed by atoms with Gasteiger partial charge in [-0.15, -0.1) is 0 Å². The predicted molar refractivity (Wildman–Crippen MR) is 80.7 cm³/mol. The lowest BCUT2D eigenvalue weighted by Gasteiger charge is -2.26. The summed E-state index contributed by atoms with van der Waals surface area (Å²) >= 11 is 6.36. The molecule has 0 aromatic heterocycles. The van der Waals surface area contributed by atoms with Gasteiger partial charge < -0.3 is 14.8 Å². The van der Waals surface area contributed by atoms with Gasteiger partial charge in [-0.3, -0.25) is 0 Å². The highest BCUT2D eigenvalue weighted by Gasteiger charge is 2.22. The number of nitrogens with one attached hydrogen (secondary N) is 1. The molecule has 0 radical (unpaired) electrons. The standard InChI is InChI=1S/C16H22ClNO2/c1-19-15-8-12(9-18-13-5-6-13)7-14(17)16(15)20-10-11-3-2-4-11/h7-8,11,13,18H,2-6,9-10H2,1H3. The van der Waals surface area contributed by atoms with Gasteiger partial charge in [0.1, 0.15) is 0 Å². The number of hydrogen-bond donors (Lipinski definition) is 1. The topological polar surface area (TPSA) is 30.5 Å². The highest BCUT2D eigenvalue weighted by atomic mass is 35.5. The number of benzene rings is 1. The molecule has 0 unspecified atom stereocenters. The van der Waals surface area contributed by atoms with E-state index in [-0.39, 0.29) is 0 Å². The lowest BCUT2D eigenvalue weighted by molar-refractivity contribution is 0.176. The second kappa shape index (κ2) is 6.23. The van der Waals surface area contributed by atoms with Crippen LogP contribution in [-0.4, -0.2) is 19.8 Å². The molecule has 0 saturated heterocycles. The van der Waals surface area contributed by atoms with Gasteiger partial charge in [0, 0.05) is 12.6 Å². The molecule has 110 valence electrons. The Hall–Kier alpha value is -0.930. The minimum Gasteiger partial charge on any atom is -0.493 e. The average Bonchev–Trinajstić information content (AvgIpc) is 3.20. The van der Waals surface area contributed by atoms with Crippen LogP contribution in [0.1, 0.15) is 37.7 Å². The summed E-state index contributed by atoms with van der Waals surface area (Å²) in [4.78, 5) is 0. The zero-order valence-electron chi connectivity index (χ0n) is 12.0. The van der Waals surface area contributed by atoms with Crippen molar-refractivity contribution < 1.29 is 9.47 Å². The Kier molecular flexibility index (Phi) is 4.37. The van der Waals surface area contributed by atoms with Crippen molar-refractivity contribution in [2.45, 2.75) is 44.7 Å². The number of halogens is 1. The van der Waals surface area contributed by atoms with Crippen LogP contribution in [0.5, 0.6) is 11.5 Å². The molecule has 1 aromatic carbocycles. The Labute approximate surface area is 125 Å². The van der Waals surface area contributed by atoms with Gasteiger partial charge in [-0.2, -0.15) is 0 Å². The predicted octanol–water partition coefficient (Wildman–Crippen LogP) is 3.78. The molecule has 2 saturated carbocycles. The summed E-state index contributed by atoms with van der Waals surface area (Å²) in [5.74, 6) is 2.12. The third kappa shape index (κ3) is 3.39. The van der Waals surface area contributed by atoms with Crippen molar-refractivity contribution in [3.05, 3.63) is 22.7 Å². The van der Waals surface area contributed by atoms with Crippen molar-refractivity contribution in [2.24, 2.45) is 5.92 Å². The van der Waals surface area contributed by atoms with Gasteiger partial charge in [0.25, 0.3) is 0 Å². The highest BCUT2D eigenvalue weighted by molar-refractivity contribution is 6.32. The van der Waals surface area contributed by atoms with Crippen LogP contribution in [0.15, 0.2) is 12.1 Å². The van der Waals surface area contributed by atoms with Crippen LogP contribution in [0.25, 0.3) is 0 Å².